The third-order valence-corrected chi connectivity index (χ3v) is 4.71. The van der Waals surface area contributed by atoms with Gasteiger partial charge in [0.15, 0.2) is 0 Å². The molecule has 2 amide bonds. The van der Waals surface area contributed by atoms with E-state index in [1.165, 1.54) is 5.57 Å². The van der Waals surface area contributed by atoms with Crippen LogP contribution in [0.2, 0.25) is 0 Å². The first-order chi connectivity index (χ1) is 10.6. The number of allylic oxidation sites excluding steroid dienone is 2. The molecule has 0 aliphatic heterocycles. The van der Waals surface area contributed by atoms with Gasteiger partial charge < -0.3 is 20.9 Å². The van der Waals surface area contributed by atoms with Crippen molar-refractivity contribution in [2.45, 2.75) is 52.5 Å². The number of primary amides is 1. The fraction of sp³-hybridized carbons (Fsp3) is 0.688. The standard InChI is InChI=1S/C16H26N2O5/c1-10-4-5-11(16(10,2)3)8-9-23-15(22)18-12(14(20)21)6-7-13(17)19/h4,11-12H,5-9H2,1-3H3,(H2,17,19)(H,18,22)(H,20,21)/t11?,12-/m0/s1. The van der Waals surface area contributed by atoms with Gasteiger partial charge in [-0.2, -0.15) is 0 Å². The molecule has 130 valence electrons. The summed E-state index contributed by atoms with van der Waals surface area (Å²) in [6, 6.07) is -1.18. The Kier molecular flexibility index (Phi) is 6.60. The van der Waals surface area contributed by atoms with E-state index in [0.717, 1.165) is 6.42 Å². The minimum absolute atomic E-state index is 0.0570. The first-order valence-corrected chi connectivity index (χ1v) is 7.76. The van der Waals surface area contributed by atoms with E-state index in [1.807, 2.05) is 0 Å². The van der Waals surface area contributed by atoms with Gasteiger partial charge in [-0.1, -0.05) is 25.5 Å². The Bertz CT molecular complexity index is 499. The topological polar surface area (TPSA) is 119 Å². The van der Waals surface area contributed by atoms with Crippen LogP contribution in [0.5, 0.6) is 0 Å². The molecule has 0 aromatic rings. The number of carboxylic acids is 1. The number of rotatable bonds is 8. The molecule has 7 nitrogen and oxygen atoms in total. The van der Waals surface area contributed by atoms with Gasteiger partial charge >= 0.3 is 12.1 Å². The summed E-state index contributed by atoms with van der Waals surface area (Å²) in [5.41, 5.74) is 6.40. The fourth-order valence-corrected chi connectivity index (χ4v) is 2.70. The zero-order chi connectivity index (χ0) is 17.6. The second-order valence-electron chi connectivity index (χ2n) is 6.51. The summed E-state index contributed by atoms with van der Waals surface area (Å²) >= 11 is 0. The number of hydrogen-bond acceptors (Lipinski definition) is 4. The molecule has 1 rings (SSSR count). The second kappa shape index (κ2) is 7.99. The Hall–Kier alpha value is -2.05. The van der Waals surface area contributed by atoms with E-state index in [9.17, 15) is 14.4 Å². The molecular formula is C16H26N2O5. The van der Waals surface area contributed by atoms with Crippen molar-refractivity contribution in [1.82, 2.24) is 5.32 Å². The van der Waals surface area contributed by atoms with Crippen LogP contribution >= 0.6 is 0 Å². The number of alkyl carbamates (subject to hydrolysis) is 1. The number of aliphatic carboxylic acids is 1. The van der Waals surface area contributed by atoms with Crippen molar-refractivity contribution in [2.24, 2.45) is 17.1 Å². The zero-order valence-electron chi connectivity index (χ0n) is 13.9. The molecule has 0 aromatic carbocycles. The second-order valence-corrected chi connectivity index (χ2v) is 6.51. The number of amides is 2. The van der Waals surface area contributed by atoms with Gasteiger partial charge in [-0.25, -0.2) is 9.59 Å². The van der Waals surface area contributed by atoms with Crippen LogP contribution in [0.25, 0.3) is 0 Å². The van der Waals surface area contributed by atoms with Crippen molar-refractivity contribution >= 4 is 18.0 Å². The highest BCUT2D eigenvalue weighted by Gasteiger charge is 2.34. The van der Waals surface area contributed by atoms with Crippen LogP contribution in [0.15, 0.2) is 11.6 Å². The van der Waals surface area contributed by atoms with Crippen molar-refractivity contribution in [2.75, 3.05) is 6.61 Å². The molecule has 0 aromatic heterocycles. The van der Waals surface area contributed by atoms with Crippen molar-refractivity contribution in [3.05, 3.63) is 11.6 Å². The number of carbonyl (C=O) groups is 3. The summed E-state index contributed by atoms with van der Waals surface area (Å²) in [6.07, 6.45) is 2.92. The van der Waals surface area contributed by atoms with Gasteiger partial charge in [-0.05, 0) is 37.5 Å². The van der Waals surface area contributed by atoms with E-state index in [1.54, 1.807) is 0 Å². The van der Waals surface area contributed by atoms with Crippen LogP contribution in [0.4, 0.5) is 4.79 Å². The van der Waals surface area contributed by atoms with Gasteiger partial charge in [0, 0.05) is 6.42 Å². The monoisotopic (exact) mass is 326 g/mol. The van der Waals surface area contributed by atoms with Crippen LogP contribution in [0.3, 0.4) is 0 Å². The Morgan fingerprint density at radius 2 is 2.13 bits per heavy atom. The lowest BCUT2D eigenvalue weighted by Gasteiger charge is -2.29. The van der Waals surface area contributed by atoms with Crippen LogP contribution < -0.4 is 11.1 Å². The molecular weight excluding hydrogens is 300 g/mol. The average Bonchev–Trinajstić information content (AvgIpc) is 2.69. The molecule has 0 bridgehead atoms. The maximum absolute atomic E-state index is 11.7. The lowest BCUT2D eigenvalue weighted by molar-refractivity contribution is -0.139. The van der Waals surface area contributed by atoms with E-state index in [0.29, 0.717) is 12.3 Å². The Morgan fingerprint density at radius 3 is 2.61 bits per heavy atom. The highest BCUT2D eigenvalue weighted by atomic mass is 16.5. The average molecular weight is 326 g/mol. The van der Waals surface area contributed by atoms with E-state index in [2.05, 4.69) is 32.2 Å². The molecule has 0 spiro atoms. The summed E-state index contributed by atoms with van der Waals surface area (Å²) in [6.45, 7) is 6.66. The van der Waals surface area contributed by atoms with E-state index < -0.39 is 24.0 Å². The number of carboxylic acid groups (broad SMARTS) is 1. The molecule has 23 heavy (non-hydrogen) atoms. The van der Waals surface area contributed by atoms with Gasteiger partial charge in [0.1, 0.15) is 6.04 Å². The van der Waals surface area contributed by atoms with Crippen molar-refractivity contribution < 1.29 is 24.2 Å². The molecule has 0 saturated carbocycles. The zero-order valence-corrected chi connectivity index (χ0v) is 13.9. The van der Waals surface area contributed by atoms with E-state index in [4.69, 9.17) is 15.6 Å². The molecule has 2 atom stereocenters. The number of nitrogens with two attached hydrogens (primary N) is 1. The first-order valence-electron chi connectivity index (χ1n) is 7.76. The fourth-order valence-electron chi connectivity index (χ4n) is 2.70. The summed E-state index contributed by atoms with van der Waals surface area (Å²) in [5.74, 6) is -1.43. The van der Waals surface area contributed by atoms with Crippen LogP contribution in [0, 0.1) is 11.3 Å². The number of carbonyl (C=O) groups excluding carboxylic acids is 2. The van der Waals surface area contributed by atoms with Gasteiger partial charge in [-0.15, -0.1) is 0 Å². The predicted molar refractivity (Wildman–Crippen MR) is 84.6 cm³/mol. The third kappa shape index (κ3) is 5.58. The van der Waals surface area contributed by atoms with Crippen LogP contribution in [-0.4, -0.2) is 35.7 Å². The predicted octanol–water partition coefficient (Wildman–Crippen LogP) is 1.81. The lowest BCUT2D eigenvalue weighted by Crippen LogP contribution is -2.41. The molecule has 7 heteroatoms. The molecule has 1 aliphatic rings. The molecule has 0 heterocycles. The molecule has 1 unspecified atom stereocenters. The molecule has 0 saturated heterocycles. The highest BCUT2D eigenvalue weighted by Crippen LogP contribution is 2.44. The molecule has 0 radical (unpaired) electrons. The Balaban J connectivity index is 2.36. The minimum atomic E-state index is -1.22. The van der Waals surface area contributed by atoms with E-state index >= 15 is 0 Å². The summed E-state index contributed by atoms with van der Waals surface area (Å²) in [7, 11) is 0. The Labute approximate surface area is 136 Å². The lowest BCUT2D eigenvalue weighted by atomic mass is 9.76. The summed E-state index contributed by atoms with van der Waals surface area (Å²) in [4.78, 5) is 33.4. The highest BCUT2D eigenvalue weighted by molar-refractivity contribution is 5.81. The van der Waals surface area contributed by atoms with Gasteiger partial charge in [0.05, 0.1) is 6.61 Å². The first kappa shape index (κ1) is 19.0. The van der Waals surface area contributed by atoms with Gasteiger partial charge in [0.2, 0.25) is 5.91 Å². The van der Waals surface area contributed by atoms with Crippen molar-refractivity contribution in [3.8, 4) is 0 Å². The van der Waals surface area contributed by atoms with Crippen molar-refractivity contribution in [3.63, 3.8) is 0 Å². The van der Waals surface area contributed by atoms with Crippen LogP contribution in [-0.2, 0) is 14.3 Å². The smallest absolute Gasteiger partial charge is 0.407 e. The molecule has 0 fully saturated rings. The quantitative estimate of drug-likeness (QED) is 0.588. The number of hydrogen-bond donors (Lipinski definition) is 3. The minimum Gasteiger partial charge on any atom is -0.480 e. The normalized spacial score (nSPS) is 20.5. The molecule has 1 aliphatic carbocycles. The molecule has 4 N–H and O–H groups in total. The van der Waals surface area contributed by atoms with Crippen molar-refractivity contribution in [1.29, 1.82) is 0 Å². The van der Waals surface area contributed by atoms with Gasteiger partial charge in [-0.3, -0.25) is 4.79 Å². The summed E-state index contributed by atoms with van der Waals surface area (Å²) < 4.78 is 5.07. The summed E-state index contributed by atoms with van der Waals surface area (Å²) in [5, 5.41) is 11.2. The van der Waals surface area contributed by atoms with Gasteiger partial charge in [0.25, 0.3) is 0 Å². The van der Waals surface area contributed by atoms with E-state index in [-0.39, 0.29) is 24.9 Å². The maximum atomic E-state index is 11.7. The largest absolute Gasteiger partial charge is 0.480 e. The third-order valence-electron chi connectivity index (χ3n) is 4.71. The van der Waals surface area contributed by atoms with Crippen LogP contribution in [0.1, 0.15) is 46.5 Å². The number of nitrogens with one attached hydrogen (secondary N) is 1. The number of ether oxygens (including phenoxy) is 1. The Morgan fingerprint density at radius 1 is 1.48 bits per heavy atom. The maximum Gasteiger partial charge on any atom is 0.407 e. The SMILES string of the molecule is CC1=CCC(CCOC(=O)N[C@@H](CCC(N)=O)C(=O)O)C1(C)C.